The Bertz CT molecular complexity index is 1180. The SMILES string of the molecule is Cc1c(-c2ccc(F)cc2)cc(C(=O)NC2CCCCCC2)c(=O)n1Cc1ccc(F)cc1. The molecular weight excluding hydrogens is 422 g/mol. The highest BCUT2D eigenvalue weighted by molar-refractivity contribution is 5.95. The van der Waals surface area contributed by atoms with E-state index in [1.165, 1.54) is 28.8 Å². The van der Waals surface area contributed by atoms with Crippen molar-refractivity contribution < 1.29 is 13.6 Å². The zero-order chi connectivity index (χ0) is 23.4. The minimum Gasteiger partial charge on any atom is -0.349 e. The lowest BCUT2D eigenvalue weighted by molar-refractivity contribution is 0.0931. The Morgan fingerprint density at radius 3 is 2.12 bits per heavy atom. The van der Waals surface area contributed by atoms with Crippen LogP contribution in [0.5, 0.6) is 0 Å². The molecule has 2 aromatic carbocycles. The third kappa shape index (κ3) is 5.38. The first-order valence-corrected chi connectivity index (χ1v) is 11.5. The molecule has 1 amide bonds. The molecule has 4 nitrogen and oxygen atoms in total. The van der Waals surface area contributed by atoms with Gasteiger partial charge in [-0.1, -0.05) is 49.9 Å². The van der Waals surface area contributed by atoms with Crippen LogP contribution >= 0.6 is 0 Å². The van der Waals surface area contributed by atoms with Gasteiger partial charge in [0.15, 0.2) is 0 Å². The van der Waals surface area contributed by atoms with Gasteiger partial charge in [-0.15, -0.1) is 0 Å². The maximum Gasteiger partial charge on any atom is 0.263 e. The number of aromatic nitrogens is 1. The molecule has 0 unspecified atom stereocenters. The summed E-state index contributed by atoms with van der Waals surface area (Å²) in [7, 11) is 0. The third-order valence-electron chi connectivity index (χ3n) is 6.40. The van der Waals surface area contributed by atoms with Crippen LogP contribution in [0.4, 0.5) is 8.78 Å². The van der Waals surface area contributed by atoms with Gasteiger partial charge >= 0.3 is 0 Å². The molecule has 3 aromatic rings. The van der Waals surface area contributed by atoms with E-state index in [4.69, 9.17) is 0 Å². The fourth-order valence-corrected chi connectivity index (χ4v) is 4.49. The van der Waals surface area contributed by atoms with Crippen molar-refractivity contribution in [3.8, 4) is 11.1 Å². The predicted molar refractivity (Wildman–Crippen MR) is 125 cm³/mol. The Labute approximate surface area is 192 Å². The fourth-order valence-electron chi connectivity index (χ4n) is 4.49. The van der Waals surface area contributed by atoms with Gasteiger partial charge < -0.3 is 9.88 Å². The van der Waals surface area contributed by atoms with Crippen LogP contribution < -0.4 is 10.9 Å². The summed E-state index contributed by atoms with van der Waals surface area (Å²) < 4.78 is 28.4. The second kappa shape index (κ2) is 10.1. The number of nitrogens with zero attached hydrogens (tertiary/aromatic N) is 1. The van der Waals surface area contributed by atoms with E-state index in [1.807, 2.05) is 0 Å². The molecule has 6 heteroatoms. The van der Waals surface area contributed by atoms with Crippen LogP contribution in [0.2, 0.25) is 0 Å². The molecule has 172 valence electrons. The van der Waals surface area contributed by atoms with E-state index in [1.54, 1.807) is 37.3 Å². The first kappa shape index (κ1) is 22.9. The number of rotatable bonds is 5. The van der Waals surface area contributed by atoms with Crippen molar-refractivity contribution in [1.82, 2.24) is 9.88 Å². The Hall–Kier alpha value is -3.28. The van der Waals surface area contributed by atoms with Crippen LogP contribution in [0.3, 0.4) is 0 Å². The average molecular weight is 451 g/mol. The van der Waals surface area contributed by atoms with Gasteiger partial charge in [-0.05, 0) is 61.2 Å². The molecule has 0 spiro atoms. The van der Waals surface area contributed by atoms with Gasteiger partial charge in [0.2, 0.25) is 0 Å². The number of amides is 1. The minimum atomic E-state index is -0.395. The Kier molecular flexibility index (Phi) is 7.02. The van der Waals surface area contributed by atoms with Crippen LogP contribution in [0.1, 0.15) is 60.1 Å². The van der Waals surface area contributed by atoms with Crippen molar-refractivity contribution in [2.45, 2.75) is 58.0 Å². The minimum absolute atomic E-state index is 0.0560. The lowest BCUT2D eigenvalue weighted by atomic mass is 10.0. The number of benzene rings is 2. The molecule has 1 aliphatic rings. The first-order valence-electron chi connectivity index (χ1n) is 11.5. The van der Waals surface area contributed by atoms with E-state index in [-0.39, 0.29) is 35.7 Å². The Morgan fingerprint density at radius 1 is 0.939 bits per heavy atom. The quantitative estimate of drug-likeness (QED) is 0.514. The number of nitrogens with one attached hydrogen (secondary N) is 1. The van der Waals surface area contributed by atoms with Crippen molar-refractivity contribution in [2.24, 2.45) is 0 Å². The zero-order valence-corrected chi connectivity index (χ0v) is 18.7. The third-order valence-corrected chi connectivity index (χ3v) is 6.40. The van der Waals surface area contributed by atoms with Crippen LogP contribution in [0.25, 0.3) is 11.1 Å². The van der Waals surface area contributed by atoms with Gasteiger partial charge in [0.25, 0.3) is 11.5 Å². The standard InChI is InChI=1S/C27H28F2N2O2/c1-18-24(20-10-14-22(29)15-11-20)16-25(26(32)30-23-6-4-2-3-5-7-23)27(33)31(18)17-19-8-12-21(28)13-9-19/h8-16,23H,2-7,17H2,1H3,(H,30,32). The molecule has 4 rings (SSSR count). The molecule has 33 heavy (non-hydrogen) atoms. The molecule has 1 N–H and O–H groups in total. The van der Waals surface area contributed by atoms with Gasteiger partial charge in [-0.2, -0.15) is 0 Å². The molecule has 1 aromatic heterocycles. The number of halogens is 2. The first-order chi connectivity index (χ1) is 15.9. The lowest BCUT2D eigenvalue weighted by Crippen LogP contribution is -2.39. The molecule has 0 aliphatic heterocycles. The molecular formula is C27H28F2N2O2. The summed E-state index contributed by atoms with van der Waals surface area (Å²) in [6.45, 7) is 2.00. The summed E-state index contributed by atoms with van der Waals surface area (Å²) >= 11 is 0. The molecule has 1 aliphatic carbocycles. The van der Waals surface area contributed by atoms with Crippen molar-refractivity contribution in [3.63, 3.8) is 0 Å². The van der Waals surface area contributed by atoms with Crippen molar-refractivity contribution in [3.05, 3.63) is 93.4 Å². The van der Waals surface area contributed by atoms with Crippen molar-refractivity contribution >= 4 is 5.91 Å². The van der Waals surface area contributed by atoms with Gasteiger partial charge in [0.05, 0.1) is 6.54 Å². The molecule has 1 saturated carbocycles. The Balaban J connectivity index is 1.76. The van der Waals surface area contributed by atoms with Crippen LogP contribution in [-0.2, 0) is 6.54 Å². The molecule has 0 radical (unpaired) electrons. The molecule has 1 fully saturated rings. The van der Waals surface area contributed by atoms with Crippen LogP contribution in [-0.4, -0.2) is 16.5 Å². The predicted octanol–water partition coefficient (Wildman–Crippen LogP) is 5.60. The van der Waals surface area contributed by atoms with Crippen molar-refractivity contribution in [2.75, 3.05) is 0 Å². The summed E-state index contributed by atoms with van der Waals surface area (Å²) in [6, 6.07) is 13.6. The summed E-state index contributed by atoms with van der Waals surface area (Å²) in [5, 5.41) is 3.06. The van der Waals surface area contributed by atoms with Gasteiger partial charge in [-0.25, -0.2) is 8.78 Å². The number of hydrogen-bond donors (Lipinski definition) is 1. The lowest BCUT2D eigenvalue weighted by Gasteiger charge is -2.19. The van der Waals surface area contributed by atoms with Gasteiger partial charge in [0, 0.05) is 17.3 Å². The van der Waals surface area contributed by atoms with Crippen LogP contribution in [0, 0.1) is 18.6 Å². The van der Waals surface area contributed by atoms with E-state index in [0.717, 1.165) is 44.1 Å². The smallest absolute Gasteiger partial charge is 0.263 e. The second-order valence-corrected chi connectivity index (χ2v) is 8.74. The van der Waals surface area contributed by atoms with E-state index in [2.05, 4.69) is 5.32 Å². The summed E-state index contributed by atoms with van der Waals surface area (Å²) in [6.07, 6.45) is 6.27. The van der Waals surface area contributed by atoms with Gasteiger partial charge in [-0.3, -0.25) is 9.59 Å². The van der Waals surface area contributed by atoms with Crippen molar-refractivity contribution in [1.29, 1.82) is 0 Å². The molecule has 0 bridgehead atoms. The number of carbonyl (C=O) groups is 1. The summed E-state index contributed by atoms with van der Waals surface area (Å²) in [4.78, 5) is 26.6. The highest BCUT2D eigenvalue weighted by atomic mass is 19.1. The maximum absolute atomic E-state index is 13.5. The summed E-state index contributed by atoms with van der Waals surface area (Å²) in [5.74, 6) is -1.10. The number of carbonyl (C=O) groups excluding carboxylic acids is 1. The van der Waals surface area contributed by atoms with Crippen LogP contribution in [0.15, 0.2) is 59.4 Å². The molecule has 1 heterocycles. The monoisotopic (exact) mass is 450 g/mol. The topological polar surface area (TPSA) is 51.1 Å². The number of pyridine rings is 1. The summed E-state index contributed by atoms with van der Waals surface area (Å²) in [5.41, 5.74) is 2.46. The maximum atomic E-state index is 13.5. The van der Waals surface area contributed by atoms with E-state index in [9.17, 15) is 18.4 Å². The normalized spacial score (nSPS) is 14.6. The van der Waals surface area contributed by atoms with Gasteiger partial charge in [0.1, 0.15) is 17.2 Å². The Morgan fingerprint density at radius 2 is 1.52 bits per heavy atom. The fraction of sp³-hybridized carbons (Fsp3) is 0.333. The van der Waals surface area contributed by atoms with E-state index >= 15 is 0 Å². The average Bonchev–Trinajstić information content (AvgIpc) is 3.07. The highest BCUT2D eigenvalue weighted by Crippen LogP contribution is 2.25. The van der Waals surface area contributed by atoms with E-state index < -0.39 is 5.56 Å². The zero-order valence-electron chi connectivity index (χ0n) is 18.7. The highest BCUT2D eigenvalue weighted by Gasteiger charge is 2.22. The molecule has 0 saturated heterocycles. The van der Waals surface area contributed by atoms with E-state index in [0.29, 0.717) is 16.8 Å². The number of hydrogen-bond acceptors (Lipinski definition) is 2. The largest absolute Gasteiger partial charge is 0.349 e. The molecule has 0 atom stereocenters. The second-order valence-electron chi connectivity index (χ2n) is 8.74.